The predicted octanol–water partition coefficient (Wildman–Crippen LogP) is 1.10. The van der Waals surface area contributed by atoms with Crippen molar-refractivity contribution >= 4 is 11.8 Å². The van der Waals surface area contributed by atoms with E-state index in [2.05, 4.69) is 10.6 Å². The summed E-state index contributed by atoms with van der Waals surface area (Å²) in [6.07, 6.45) is -0.246. The second kappa shape index (κ2) is 7.15. The first-order chi connectivity index (χ1) is 10.5. The molecule has 1 aromatic rings. The van der Waals surface area contributed by atoms with Crippen LogP contribution in [0.2, 0.25) is 0 Å². The minimum Gasteiger partial charge on any atom is -0.486 e. The smallest absolute Gasteiger partial charge is 0.242 e. The first-order valence-electron chi connectivity index (χ1n) is 7.40. The molecule has 0 saturated heterocycles. The zero-order chi connectivity index (χ0) is 16.1. The van der Waals surface area contributed by atoms with E-state index in [-0.39, 0.29) is 23.8 Å². The molecule has 6 heteroatoms. The van der Waals surface area contributed by atoms with Crippen LogP contribution in [0.1, 0.15) is 20.8 Å². The van der Waals surface area contributed by atoms with Crippen LogP contribution in [0.15, 0.2) is 24.3 Å². The van der Waals surface area contributed by atoms with E-state index in [0.717, 1.165) is 0 Å². The number of carbonyl (C=O) groups excluding carboxylic acids is 2. The van der Waals surface area contributed by atoms with Crippen molar-refractivity contribution in [3.8, 4) is 11.5 Å². The summed E-state index contributed by atoms with van der Waals surface area (Å²) in [6.45, 7) is 5.88. The third-order valence-corrected chi connectivity index (χ3v) is 3.38. The van der Waals surface area contributed by atoms with Crippen molar-refractivity contribution in [1.82, 2.24) is 10.6 Å². The average molecular weight is 306 g/mol. The molecule has 0 spiro atoms. The lowest BCUT2D eigenvalue weighted by Gasteiger charge is -2.27. The Morgan fingerprint density at radius 2 is 1.95 bits per heavy atom. The maximum absolute atomic E-state index is 12.2. The van der Waals surface area contributed by atoms with Gasteiger partial charge in [-0.3, -0.25) is 9.59 Å². The molecule has 1 aliphatic rings. The van der Waals surface area contributed by atoms with Crippen molar-refractivity contribution in [2.24, 2.45) is 5.92 Å². The Morgan fingerprint density at radius 3 is 2.59 bits per heavy atom. The van der Waals surface area contributed by atoms with E-state index in [9.17, 15) is 9.59 Å². The molecule has 6 nitrogen and oxygen atoms in total. The summed E-state index contributed by atoms with van der Waals surface area (Å²) in [7, 11) is 0. The maximum atomic E-state index is 12.2. The van der Waals surface area contributed by atoms with E-state index in [4.69, 9.17) is 9.47 Å². The number of nitrogens with one attached hydrogen (secondary N) is 2. The monoisotopic (exact) mass is 306 g/mol. The number of rotatable bonds is 5. The number of amides is 2. The quantitative estimate of drug-likeness (QED) is 0.854. The molecule has 0 aliphatic carbocycles. The predicted molar refractivity (Wildman–Crippen MR) is 81.8 cm³/mol. The van der Waals surface area contributed by atoms with Gasteiger partial charge in [0.15, 0.2) is 11.5 Å². The number of carbonyl (C=O) groups is 2. The van der Waals surface area contributed by atoms with Gasteiger partial charge in [0.1, 0.15) is 18.8 Å². The van der Waals surface area contributed by atoms with Crippen LogP contribution in [0.4, 0.5) is 0 Å². The highest BCUT2D eigenvalue weighted by Crippen LogP contribution is 2.30. The van der Waals surface area contributed by atoms with Gasteiger partial charge in [0.25, 0.3) is 0 Å². The summed E-state index contributed by atoms with van der Waals surface area (Å²) in [4.78, 5) is 23.4. The second-order valence-corrected chi connectivity index (χ2v) is 5.66. The minimum atomic E-state index is -0.547. The molecule has 2 N–H and O–H groups in total. The fourth-order valence-corrected chi connectivity index (χ4v) is 2.24. The Balaban J connectivity index is 1.87. The largest absolute Gasteiger partial charge is 0.486 e. The van der Waals surface area contributed by atoms with Gasteiger partial charge in [0.05, 0.1) is 6.54 Å². The van der Waals surface area contributed by atoms with Crippen molar-refractivity contribution < 1.29 is 19.1 Å². The highest BCUT2D eigenvalue weighted by molar-refractivity contribution is 5.87. The summed E-state index contributed by atoms with van der Waals surface area (Å²) < 4.78 is 11.4. The summed E-state index contributed by atoms with van der Waals surface area (Å²) >= 11 is 0. The topological polar surface area (TPSA) is 76.7 Å². The molecule has 1 aromatic carbocycles. The molecule has 1 heterocycles. The summed E-state index contributed by atoms with van der Waals surface area (Å²) in [5, 5.41) is 5.47. The number of benzene rings is 1. The first kappa shape index (κ1) is 16.1. The lowest BCUT2D eigenvalue weighted by Crippen LogP contribution is -2.51. The highest BCUT2D eigenvalue weighted by Gasteiger charge is 2.25. The SMILES string of the molecule is CC(=O)NC(C(=O)NCC1COc2ccccc2O1)C(C)C. The zero-order valence-electron chi connectivity index (χ0n) is 13.1. The zero-order valence-corrected chi connectivity index (χ0v) is 13.1. The Morgan fingerprint density at radius 1 is 1.27 bits per heavy atom. The number of ether oxygens (including phenoxy) is 2. The summed E-state index contributed by atoms with van der Waals surface area (Å²) in [5.74, 6) is 0.958. The van der Waals surface area contributed by atoms with E-state index < -0.39 is 6.04 Å². The molecule has 0 bridgehead atoms. The van der Waals surface area contributed by atoms with Gasteiger partial charge in [-0.05, 0) is 18.1 Å². The van der Waals surface area contributed by atoms with Crippen LogP contribution >= 0.6 is 0 Å². The maximum Gasteiger partial charge on any atom is 0.242 e. The van der Waals surface area contributed by atoms with Crippen molar-refractivity contribution in [3.63, 3.8) is 0 Å². The van der Waals surface area contributed by atoms with Gasteiger partial charge in [-0.1, -0.05) is 26.0 Å². The number of hydrogen-bond donors (Lipinski definition) is 2. The number of para-hydroxylation sites is 2. The lowest BCUT2D eigenvalue weighted by molar-refractivity contribution is -0.129. The van der Waals surface area contributed by atoms with Crippen LogP contribution in [-0.4, -0.2) is 37.1 Å². The minimum absolute atomic E-state index is 0.00755. The Bertz CT molecular complexity index is 545. The lowest BCUT2D eigenvalue weighted by atomic mass is 10.0. The van der Waals surface area contributed by atoms with Crippen LogP contribution in [-0.2, 0) is 9.59 Å². The standard InChI is InChI=1S/C16H22N2O4/c1-10(2)15(18-11(3)19)16(20)17-8-12-9-21-13-6-4-5-7-14(13)22-12/h4-7,10,12,15H,8-9H2,1-3H3,(H,17,20)(H,18,19). The van der Waals surface area contributed by atoms with Crippen LogP contribution in [0.3, 0.4) is 0 Å². The van der Waals surface area contributed by atoms with E-state index in [1.54, 1.807) is 0 Å². The Labute approximate surface area is 130 Å². The van der Waals surface area contributed by atoms with Gasteiger partial charge in [-0.25, -0.2) is 0 Å². The van der Waals surface area contributed by atoms with Crippen LogP contribution in [0.25, 0.3) is 0 Å². The molecule has 0 fully saturated rings. The normalized spacial score (nSPS) is 17.7. The molecular formula is C16H22N2O4. The molecule has 1 aliphatic heterocycles. The first-order valence-corrected chi connectivity index (χ1v) is 7.40. The molecule has 2 atom stereocenters. The van der Waals surface area contributed by atoms with Gasteiger partial charge >= 0.3 is 0 Å². The van der Waals surface area contributed by atoms with Gasteiger partial charge < -0.3 is 20.1 Å². The average Bonchev–Trinajstić information content (AvgIpc) is 2.49. The number of fused-ring (bicyclic) bond motifs is 1. The summed E-state index contributed by atoms with van der Waals surface area (Å²) in [6, 6.07) is 6.88. The van der Waals surface area contributed by atoms with Crippen molar-refractivity contribution in [2.45, 2.75) is 32.9 Å². The van der Waals surface area contributed by atoms with E-state index in [1.165, 1.54) is 6.92 Å². The number of hydrogen-bond acceptors (Lipinski definition) is 4. The summed E-state index contributed by atoms with van der Waals surface area (Å²) in [5.41, 5.74) is 0. The van der Waals surface area contributed by atoms with Crippen molar-refractivity contribution in [3.05, 3.63) is 24.3 Å². The molecule has 2 amide bonds. The van der Waals surface area contributed by atoms with Gasteiger partial charge in [-0.15, -0.1) is 0 Å². The van der Waals surface area contributed by atoms with Gasteiger partial charge in [0.2, 0.25) is 11.8 Å². The van der Waals surface area contributed by atoms with Gasteiger partial charge in [-0.2, -0.15) is 0 Å². The molecule has 22 heavy (non-hydrogen) atoms. The third-order valence-electron chi connectivity index (χ3n) is 3.38. The Kier molecular flexibility index (Phi) is 5.25. The van der Waals surface area contributed by atoms with Crippen molar-refractivity contribution in [1.29, 1.82) is 0 Å². The van der Waals surface area contributed by atoms with Crippen molar-refractivity contribution in [2.75, 3.05) is 13.2 Å². The molecular weight excluding hydrogens is 284 g/mol. The van der Waals surface area contributed by atoms with Crippen LogP contribution < -0.4 is 20.1 Å². The molecule has 120 valence electrons. The van der Waals surface area contributed by atoms with Crippen LogP contribution in [0.5, 0.6) is 11.5 Å². The van der Waals surface area contributed by atoms with Crippen LogP contribution in [0, 0.1) is 5.92 Å². The second-order valence-electron chi connectivity index (χ2n) is 5.66. The molecule has 0 radical (unpaired) electrons. The Hall–Kier alpha value is -2.24. The molecule has 2 unspecified atom stereocenters. The third kappa shape index (κ3) is 4.13. The van der Waals surface area contributed by atoms with Gasteiger partial charge in [0, 0.05) is 6.92 Å². The van der Waals surface area contributed by atoms with E-state index >= 15 is 0 Å². The molecule has 0 saturated carbocycles. The van der Waals surface area contributed by atoms with E-state index in [1.807, 2.05) is 38.1 Å². The fraction of sp³-hybridized carbons (Fsp3) is 0.500. The fourth-order valence-electron chi connectivity index (χ4n) is 2.24. The molecule has 2 rings (SSSR count). The van der Waals surface area contributed by atoms with E-state index in [0.29, 0.717) is 24.7 Å². The highest BCUT2D eigenvalue weighted by atomic mass is 16.6. The molecule has 0 aromatic heterocycles.